The lowest BCUT2D eigenvalue weighted by molar-refractivity contribution is 0.579. The second kappa shape index (κ2) is 6.49. The normalized spacial score (nSPS) is 11.0. The van der Waals surface area contributed by atoms with E-state index in [1.54, 1.807) is 24.0 Å². The van der Waals surface area contributed by atoms with Gasteiger partial charge in [0.1, 0.15) is 4.90 Å². The van der Waals surface area contributed by atoms with Gasteiger partial charge in [0, 0.05) is 31.2 Å². The van der Waals surface area contributed by atoms with Crippen molar-refractivity contribution in [1.82, 2.24) is 19.5 Å². The van der Waals surface area contributed by atoms with Crippen LogP contribution in [0.25, 0.3) is 0 Å². The molecule has 2 heterocycles. The third kappa shape index (κ3) is 4.13. The molecule has 0 aliphatic heterocycles. The Balaban J connectivity index is 2.15. The minimum absolute atomic E-state index is 0.0576. The van der Waals surface area contributed by atoms with Gasteiger partial charge in [-0.05, 0) is 12.1 Å². The number of hydrogen-bond donors (Lipinski definition) is 2. The molecule has 2 aromatic rings. The van der Waals surface area contributed by atoms with Crippen molar-refractivity contribution in [3.8, 4) is 11.8 Å². The molecule has 2 rings (SSSR count). The maximum Gasteiger partial charge on any atom is 0.242 e. The third-order valence-electron chi connectivity index (χ3n) is 2.57. The molecule has 0 atom stereocenters. The van der Waals surface area contributed by atoms with Gasteiger partial charge in [-0.1, -0.05) is 11.8 Å². The zero-order valence-corrected chi connectivity index (χ0v) is 12.3. The Labute approximate surface area is 123 Å². The number of pyridine rings is 1. The molecule has 0 amide bonds. The minimum atomic E-state index is -3.66. The molecule has 0 fully saturated rings. The molecule has 7 nitrogen and oxygen atoms in total. The summed E-state index contributed by atoms with van der Waals surface area (Å²) in [5.41, 5.74) is 6.41. The lowest BCUT2D eigenvalue weighted by atomic mass is 10.3. The van der Waals surface area contributed by atoms with E-state index in [4.69, 9.17) is 5.73 Å². The van der Waals surface area contributed by atoms with Crippen molar-refractivity contribution < 1.29 is 8.42 Å². The molecule has 110 valence electrons. The summed E-state index contributed by atoms with van der Waals surface area (Å²) in [4.78, 5) is 3.94. The van der Waals surface area contributed by atoms with Crippen molar-refractivity contribution in [2.45, 2.75) is 11.4 Å². The highest BCUT2D eigenvalue weighted by molar-refractivity contribution is 7.89. The number of nitrogens with zero attached hydrogens (tertiary/aromatic N) is 3. The Bertz CT molecular complexity index is 786. The Morgan fingerprint density at radius 2 is 2.24 bits per heavy atom. The molecule has 0 spiro atoms. The van der Waals surface area contributed by atoms with Crippen molar-refractivity contribution in [3.63, 3.8) is 0 Å². The van der Waals surface area contributed by atoms with Crippen LogP contribution in [0.5, 0.6) is 0 Å². The fourth-order valence-corrected chi connectivity index (χ4v) is 2.58. The lowest BCUT2D eigenvalue weighted by Gasteiger charge is -2.05. The SMILES string of the molecule is Cn1ccc(CNS(=O)(=O)c2cncc(C#CCN)c2)n1. The third-order valence-corrected chi connectivity index (χ3v) is 3.94. The van der Waals surface area contributed by atoms with Gasteiger partial charge in [-0.3, -0.25) is 9.67 Å². The summed E-state index contributed by atoms with van der Waals surface area (Å²) in [5, 5.41) is 4.10. The topological polar surface area (TPSA) is 103 Å². The van der Waals surface area contributed by atoms with Crippen LogP contribution >= 0.6 is 0 Å². The van der Waals surface area contributed by atoms with E-state index in [0.717, 1.165) is 0 Å². The van der Waals surface area contributed by atoms with Crippen LogP contribution in [0.3, 0.4) is 0 Å². The summed E-state index contributed by atoms with van der Waals surface area (Å²) in [7, 11) is -1.89. The summed E-state index contributed by atoms with van der Waals surface area (Å²) >= 11 is 0. The zero-order valence-electron chi connectivity index (χ0n) is 11.4. The van der Waals surface area contributed by atoms with Crippen LogP contribution in [-0.2, 0) is 23.6 Å². The molecule has 0 aliphatic carbocycles. The van der Waals surface area contributed by atoms with Gasteiger partial charge in [-0.25, -0.2) is 13.1 Å². The van der Waals surface area contributed by atoms with E-state index in [0.29, 0.717) is 11.3 Å². The molecule has 0 bridgehead atoms. The first-order chi connectivity index (χ1) is 10.0. The minimum Gasteiger partial charge on any atom is -0.320 e. The first-order valence-corrected chi connectivity index (χ1v) is 7.62. The molecule has 21 heavy (non-hydrogen) atoms. The molecule has 8 heteroatoms. The van der Waals surface area contributed by atoms with E-state index in [2.05, 4.69) is 26.6 Å². The van der Waals surface area contributed by atoms with Gasteiger partial charge < -0.3 is 5.73 Å². The van der Waals surface area contributed by atoms with E-state index < -0.39 is 10.0 Å². The number of aryl methyl sites for hydroxylation is 1. The molecule has 2 aromatic heterocycles. The molecule has 0 unspecified atom stereocenters. The maximum atomic E-state index is 12.2. The average molecular weight is 305 g/mol. The Hall–Kier alpha value is -2.21. The fourth-order valence-electron chi connectivity index (χ4n) is 1.60. The first kappa shape index (κ1) is 15.2. The largest absolute Gasteiger partial charge is 0.320 e. The van der Waals surface area contributed by atoms with Crippen molar-refractivity contribution in [2.24, 2.45) is 12.8 Å². The predicted octanol–water partition coefficient (Wildman–Crippen LogP) is -0.396. The summed E-state index contributed by atoms with van der Waals surface area (Å²) in [6.45, 7) is 0.316. The van der Waals surface area contributed by atoms with Crippen molar-refractivity contribution in [2.75, 3.05) is 6.54 Å². The number of nitrogens with two attached hydrogens (primary N) is 1. The van der Waals surface area contributed by atoms with E-state index in [9.17, 15) is 8.42 Å². The van der Waals surface area contributed by atoms with E-state index in [1.165, 1.54) is 18.5 Å². The Morgan fingerprint density at radius 3 is 2.90 bits per heavy atom. The van der Waals surface area contributed by atoms with Crippen LogP contribution in [0.4, 0.5) is 0 Å². The average Bonchev–Trinajstić information content (AvgIpc) is 2.89. The van der Waals surface area contributed by atoms with Crippen LogP contribution in [0.1, 0.15) is 11.3 Å². The summed E-state index contributed by atoms with van der Waals surface area (Å²) in [6, 6.07) is 3.19. The van der Waals surface area contributed by atoms with Crippen LogP contribution in [-0.4, -0.2) is 29.7 Å². The van der Waals surface area contributed by atoms with E-state index >= 15 is 0 Å². The highest BCUT2D eigenvalue weighted by Gasteiger charge is 2.15. The van der Waals surface area contributed by atoms with E-state index in [-0.39, 0.29) is 18.0 Å². The highest BCUT2D eigenvalue weighted by Crippen LogP contribution is 2.09. The lowest BCUT2D eigenvalue weighted by Crippen LogP contribution is -2.23. The van der Waals surface area contributed by atoms with Crippen LogP contribution in [0, 0.1) is 11.8 Å². The molecule has 0 aromatic carbocycles. The summed E-state index contributed by atoms with van der Waals surface area (Å²) < 4.78 is 28.4. The van der Waals surface area contributed by atoms with Gasteiger partial charge in [0.2, 0.25) is 10.0 Å². The number of sulfonamides is 1. The number of aromatic nitrogens is 3. The molecular formula is C13H15N5O2S. The first-order valence-electron chi connectivity index (χ1n) is 6.13. The van der Waals surface area contributed by atoms with Gasteiger partial charge in [0.05, 0.1) is 18.8 Å². The van der Waals surface area contributed by atoms with Crippen LogP contribution in [0.15, 0.2) is 35.6 Å². The fraction of sp³-hybridized carbons (Fsp3) is 0.231. The molecule has 3 N–H and O–H groups in total. The standard InChI is InChI=1S/C13H15N5O2S/c1-18-6-4-12(17-18)9-16-21(19,20)13-7-11(3-2-5-14)8-15-10-13/h4,6-8,10,16H,5,9,14H2,1H3. The second-order valence-electron chi connectivity index (χ2n) is 4.22. The Kier molecular flexibility index (Phi) is 4.70. The van der Waals surface area contributed by atoms with E-state index in [1.807, 2.05) is 0 Å². The van der Waals surface area contributed by atoms with Gasteiger partial charge in [0.25, 0.3) is 0 Å². The van der Waals surface area contributed by atoms with Gasteiger partial charge >= 0.3 is 0 Å². The molecule has 0 saturated heterocycles. The smallest absolute Gasteiger partial charge is 0.242 e. The van der Waals surface area contributed by atoms with Crippen LogP contribution < -0.4 is 10.5 Å². The van der Waals surface area contributed by atoms with Crippen LogP contribution in [0.2, 0.25) is 0 Å². The number of rotatable bonds is 4. The monoisotopic (exact) mass is 305 g/mol. The predicted molar refractivity (Wildman–Crippen MR) is 77.4 cm³/mol. The number of hydrogen-bond acceptors (Lipinski definition) is 5. The maximum absolute atomic E-state index is 12.2. The molecule has 0 aliphatic rings. The quantitative estimate of drug-likeness (QED) is 0.748. The summed E-state index contributed by atoms with van der Waals surface area (Å²) in [6.07, 6.45) is 4.50. The second-order valence-corrected chi connectivity index (χ2v) is 5.99. The Morgan fingerprint density at radius 1 is 1.43 bits per heavy atom. The van der Waals surface area contributed by atoms with Gasteiger partial charge in [-0.15, -0.1) is 0 Å². The highest BCUT2D eigenvalue weighted by atomic mass is 32.2. The number of nitrogens with one attached hydrogen (secondary N) is 1. The summed E-state index contributed by atoms with van der Waals surface area (Å²) in [5.74, 6) is 5.40. The molecular weight excluding hydrogens is 290 g/mol. The van der Waals surface area contributed by atoms with Gasteiger partial charge in [-0.2, -0.15) is 5.10 Å². The van der Waals surface area contributed by atoms with Crippen molar-refractivity contribution in [1.29, 1.82) is 0 Å². The zero-order chi connectivity index (χ0) is 15.3. The van der Waals surface area contributed by atoms with Crippen molar-refractivity contribution >= 4 is 10.0 Å². The van der Waals surface area contributed by atoms with Gasteiger partial charge in [0.15, 0.2) is 0 Å². The molecule has 0 radical (unpaired) electrons. The van der Waals surface area contributed by atoms with Crippen molar-refractivity contribution in [3.05, 3.63) is 42.0 Å². The molecule has 0 saturated carbocycles.